The molecule has 3 rings (SSSR count). The predicted octanol–water partition coefficient (Wildman–Crippen LogP) is 6.70. The number of halogens is 7. The van der Waals surface area contributed by atoms with Crippen LogP contribution in [0.15, 0.2) is 76.5 Å². The summed E-state index contributed by atoms with van der Waals surface area (Å²) in [5.74, 6) is -3.29. The fourth-order valence-corrected chi connectivity index (χ4v) is 4.20. The van der Waals surface area contributed by atoms with E-state index in [2.05, 4.69) is 4.74 Å². The number of carbonyl (C=O) groups is 1. The van der Waals surface area contributed by atoms with Crippen LogP contribution in [0.2, 0.25) is 0 Å². The Morgan fingerprint density at radius 3 is 2.11 bits per heavy atom. The molecule has 1 amide bonds. The molecule has 3 aromatic carbocycles. The van der Waals surface area contributed by atoms with Crippen LogP contribution < -0.4 is 10.1 Å². The molecule has 0 aliphatic carbocycles. The minimum absolute atomic E-state index is 0.0873. The summed E-state index contributed by atoms with van der Waals surface area (Å²) in [7, 11) is 0. The molecule has 0 aliphatic rings. The molecule has 0 aliphatic heterocycles. The fourth-order valence-electron chi connectivity index (χ4n) is 3.18. The predicted molar refractivity (Wildman–Crippen MR) is 117 cm³/mol. The van der Waals surface area contributed by atoms with Crippen LogP contribution in [0.4, 0.5) is 30.7 Å². The van der Waals surface area contributed by atoms with Crippen molar-refractivity contribution in [3.05, 3.63) is 89.2 Å². The third-order valence-electron chi connectivity index (χ3n) is 4.93. The van der Waals surface area contributed by atoms with Crippen molar-refractivity contribution < 1.29 is 45.4 Å². The zero-order valence-electron chi connectivity index (χ0n) is 18.3. The maximum absolute atomic E-state index is 14.2. The van der Waals surface area contributed by atoms with Crippen LogP contribution in [0, 0.1) is 5.82 Å². The van der Waals surface area contributed by atoms with E-state index in [1.165, 1.54) is 61.5 Å². The van der Waals surface area contributed by atoms with Crippen molar-refractivity contribution in [3.8, 4) is 5.75 Å². The van der Waals surface area contributed by atoms with Crippen molar-refractivity contribution in [2.24, 2.45) is 0 Å². The van der Waals surface area contributed by atoms with E-state index in [-0.39, 0.29) is 20.9 Å². The molecule has 3 aromatic rings. The van der Waals surface area contributed by atoms with Crippen LogP contribution in [0.25, 0.3) is 0 Å². The van der Waals surface area contributed by atoms with Gasteiger partial charge in [-0.15, -0.1) is 13.2 Å². The Morgan fingerprint density at radius 2 is 1.53 bits per heavy atom. The Balaban J connectivity index is 1.90. The lowest BCUT2D eigenvalue weighted by Crippen LogP contribution is -2.38. The summed E-state index contributed by atoms with van der Waals surface area (Å²) in [6, 6.07) is 13.4. The van der Waals surface area contributed by atoms with Crippen molar-refractivity contribution in [2.45, 2.75) is 41.4 Å². The van der Waals surface area contributed by atoms with Crippen LogP contribution in [0.1, 0.15) is 35.8 Å². The first-order valence-corrected chi connectivity index (χ1v) is 11.0. The largest absolute Gasteiger partial charge is 0.573 e. The molecule has 0 bridgehead atoms. The lowest BCUT2D eigenvalue weighted by molar-refractivity contribution is -0.274. The van der Waals surface area contributed by atoms with Gasteiger partial charge in [0.1, 0.15) is 17.7 Å². The summed E-state index contributed by atoms with van der Waals surface area (Å²) in [5, 5.41) is 12.7. The van der Waals surface area contributed by atoms with Gasteiger partial charge in [0, 0.05) is 9.79 Å². The molecule has 2 atom stereocenters. The van der Waals surface area contributed by atoms with Gasteiger partial charge in [0.25, 0.3) is 0 Å². The van der Waals surface area contributed by atoms with E-state index in [1.54, 1.807) is 0 Å². The molecule has 0 fully saturated rings. The number of benzene rings is 3. The molecule has 4 nitrogen and oxygen atoms in total. The molecule has 0 saturated heterocycles. The van der Waals surface area contributed by atoms with Gasteiger partial charge in [-0.3, -0.25) is 4.79 Å². The summed E-state index contributed by atoms with van der Waals surface area (Å²) >= 11 is 0.785. The van der Waals surface area contributed by atoms with E-state index < -0.39 is 42.2 Å². The van der Waals surface area contributed by atoms with Crippen molar-refractivity contribution in [2.75, 3.05) is 0 Å². The Labute approximate surface area is 205 Å². The van der Waals surface area contributed by atoms with Gasteiger partial charge in [-0.05, 0) is 47.9 Å². The topological polar surface area (TPSA) is 58.6 Å². The minimum Gasteiger partial charge on any atom is -0.406 e. The molecular formula is C24H18F7NO3S. The molecule has 36 heavy (non-hydrogen) atoms. The normalized spacial score (nSPS) is 13.7. The quantitative estimate of drug-likeness (QED) is 0.332. The van der Waals surface area contributed by atoms with Gasteiger partial charge < -0.3 is 15.2 Å². The van der Waals surface area contributed by atoms with E-state index in [4.69, 9.17) is 0 Å². The summed E-state index contributed by atoms with van der Waals surface area (Å²) in [4.78, 5) is 11.3. The molecule has 192 valence electrons. The maximum Gasteiger partial charge on any atom is 0.573 e. The molecule has 0 heterocycles. The number of aliphatic hydroxyl groups is 1. The SMILES string of the molecule is CC(NC(=O)C(F)(F)F)c1ccc(C(O)c2ccc(OC(F)(F)F)cc2Sc2ccccc2F)cc1. The van der Waals surface area contributed by atoms with E-state index in [0.29, 0.717) is 5.56 Å². The number of carbonyl (C=O) groups excluding carboxylic acids is 1. The van der Waals surface area contributed by atoms with E-state index in [0.717, 1.165) is 23.9 Å². The Morgan fingerprint density at radius 1 is 0.917 bits per heavy atom. The molecule has 0 saturated carbocycles. The average molecular weight is 533 g/mol. The average Bonchev–Trinajstić information content (AvgIpc) is 2.79. The van der Waals surface area contributed by atoms with Crippen LogP contribution in [0.5, 0.6) is 5.75 Å². The van der Waals surface area contributed by atoms with Gasteiger partial charge in [0.2, 0.25) is 0 Å². The van der Waals surface area contributed by atoms with Gasteiger partial charge in [-0.1, -0.05) is 54.2 Å². The molecule has 2 unspecified atom stereocenters. The molecule has 0 radical (unpaired) electrons. The highest BCUT2D eigenvalue weighted by Crippen LogP contribution is 2.39. The first-order valence-electron chi connectivity index (χ1n) is 10.2. The molecule has 2 N–H and O–H groups in total. The van der Waals surface area contributed by atoms with Crippen LogP contribution in [-0.2, 0) is 4.79 Å². The monoisotopic (exact) mass is 533 g/mol. The highest BCUT2D eigenvalue weighted by Gasteiger charge is 2.39. The summed E-state index contributed by atoms with van der Waals surface area (Å²) in [5.41, 5.74) is 0.718. The van der Waals surface area contributed by atoms with Crippen molar-refractivity contribution >= 4 is 17.7 Å². The summed E-state index contributed by atoms with van der Waals surface area (Å²) in [6.07, 6.45) is -11.4. The van der Waals surface area contributed by atoms with E-state index in [9.17, 15) is 40.6 Å². The first kappa shape index (κ1) is 27.3. The summed E-state index contributed by atoms with van der Waals surface area (Å²) in [6.45, 7) is 1.34. The molecular weight excluding hydrogens is 515 g/mol. The van der Waals surface area contributed by atoms with Crippen molar-refractivity contribution in [3.63, 3.8) is 0 Å². The Bertz CT molecular complexity index is 1210. The second-order valence-corrected chi connectivity index (χ2v) is 8.63. The van der Waals surface area contributed by atoms with Gasteiger partial charge in [-0.25, -0.2) is 4.39 Å². The standard InChI is InChI=1S/C24H18F7NO3S/c1-13(32-22(34)23(26,27)28)14-6-8-15(9-7-14)21(33)17-11-10-16(35-24(29,30)31)12-20(17)36-19-5-3-2-4-18(19)25/h2-13,21,33H,1H3,(H,32,34). The number of nitrogens with one attached hydrogen (secondary N) is 1. The number of rotatable bonds is 7. The Hall–Kier alpha value is -3.25. The first-order chi connectivity index (χ1) is 16.7. The maximum atomic E-state index is 14.2. The third-order valence-corrected chi connectivity index (χ3v) is 6.05. The molecule has 0 aromatic heterocycles. The van der Waals surface area contributed by atoms with Gasteiger partial charge in [0.05, 0.1) is 6.04 Å². The number of aliphatic hydroxyl groups excluding tert-OH is 1. The second kappa shape index (κ2) is 10.8. The van der Waals surface area contributed by atoms with Crippen molar-refractivity contribution in [1.29, 1.82) is 0 Å². The van der Waals surface area contributed by atoms with Crippen molar-refractivity contribution in [1.82, 2.24) is 5.32 Å². The second-order valence-electron chi connectivity index (χ2n) is 7.54. The lowest BCUT2D eigenvalue weighted by atomic mass is 9.98. The highest BCUT2D eigenvalue weighted by molar-refractivity contribution is 7.99. The Kier molecular flexibility index (Phi) is 8.19. The number of alkyl halides is 6. The minimum atomic E-state index is -5.04. The van der Waals surface area contributed by atoms with Gasteiger partial charge in [-0.2, -0.15) is 13.2 Å². The number of amides is 1. The highest BCUT2D eigenvalue weighted by atomic mass is 32.2. The number of hydrogen-bond donors (Lipinski definition) is 2. The van der Waals surface area contributed by atoms with Crippen LogP contribution in [0.3, 0.4) is 0 Å². The van der Waals surface area contributed by atoms with Gasteiger partial charge in [0.15, 0.2) is 0 Å². The third kappa shape index (κ3) is 7.14. The zero-order chi connectivity index (χ0) is 26.7. The molecule has 0 spiro atoms. The molecule has 12 heteroatoms. The smallest absolute Gasteiger partial charge is 0.406 e. The number of ether oxygens (including phenoxy) is 1. The van der Waals surface area contributed by atoms with Crippen LogP contribution >= 0.6 is 11.8 Å². The summed E-state index contributed by atoms with van der Waals surface area (Å²) < 4.78 is 93.7. The zero-order valence-corrected chi connectivity index (χ0v) is 19.1. The van der Waals surface area contributed by atoms with E-state index in [1.807, 2.05) is 5.32 Å². The van der Waals surface area contributed by atoms with Crippen LogP contribution in [-0.4, -0.2) is 23.6 Å². The number of hydrogen-bond acceptors (Lipinski definition) is 4. The fraction of sp³-hybridized carbons (Fsp3) is 0.208. The lowest BCUT2D eigenvalue weighted by Gasteiger charge is -2.19. The van der Waals surface area contributed by atoms with E-state index >= 15 is 0 Å². The van der Waals surface area contributed by atoms with Gasteiger partial charge >= 0.3 is 18.4 Å².